The zero-order valence-corrected chi connectivity index (χ0v) is 19.0. The van der Waals surface area contributed by atoms with Gasteiger partial charge in [-0.3, -0.25) is 9.59 Å². The molecule has 7 nitrogen and oxygen atoms in total. The van der Waals surface area contributed by atoms with Gasteiger partial charge < -0.3 is 14.6 Å². The van der Waals surface area contributed by atoms with Gasteiger partial charge in [0, 0.05) is 43.5 Å². The lowest BCUT2D eigenvalue weighted by Gasteiger charge is -2.28. The molecule has 0 unspecified atom stereocenters. The molecule has 1 aliphatic rings. The number of aryl methyl sites for hydroxylation is 1. The van der Waals surface area contributed by atoms with Crippen LogP contribution in [0.4, 0.5) is 11.4 Å². The van der Waals surface area contributed by atoms with Crippen LogP contribution in [0.5, 0.6) is 0 Å². The van der Waals surface area contributed by atoms with Crippen molar-refractivity contribution in [3.8, 4) is 5.69 Å². The molecule has 0 N–H and O–H groups in total. The third-order valence-corrected chi connectivity index (χ3v) is 6.11. The molecule has 0 fully saturated rings. The van der Waals surface area contributed by atoms with Crippen molar-refractivity contribution in [1.82, 2.24) is 9.78 Å². The Balaban J connectivity index is 1.58. The summed E-state index contributed by atoms with van der Waals surface area (Å²) in [5.41, 5.74) is 5.21. The number of nitrogens with zero attached hydrogens (tertiary/aromatic N) is 4. The van der Waals surface area contributed by atoms with E-state index in [1.54, 1.807) is 9.58 Å². The van der Waals surface area contributed by atoms with E-state index in [4.69, 9.17) is 0 Å². The average Bonchev–Trinajstić information content (AvgIpc) is 3.22. The molecule has 0 spiro atoms. The number of rotatable bonds is 9. The molecule has 0 saturated heterocycles. The van der Waals surface area contributed by atoms with Crippen molar-refractivity contribution in [3.05, 3.63) is 71.0 Å². The van der Waals surface area contributed by atoms with Gasteiger partial charge in [-0.05, 0) is 62.6 Å². The predicted molar refractivity (Wildman–Crippen MR) is 129 cm³/mol. The number of anilines is 2. The second-order valence-electron chi connectivity index (χ2n) is 8.38. The van der Waals surface area contributed by atoms with Crippen LogP contribution in [0.15, 0.2) is 48.5 Å². The van der Waals surface area contributed by atoms with Crippen LogP contribution in [0.3, 0.4) is 0 Å². The molecule has 1 amide bonds. The van der Waals surface area contributed by atoms with Crippen LogP contribution in [0, 0.1) is 6.92 Å². The number of hydrogen-bond donors (Lipinski definition) is 0. The van der Waals surface area contributed by atoms with E-state index in [1.165, 1.54) is 0 Å². The molecule has 2 aromatic carbocycles. The monoisotopic (exact) mass is 444 g/mol. The Morgan fingerprint density at radius 3 is 2.36 bits per heavy atom. The Morgan fingerprint density at radius 2 is 1.70 bits per heavy atom. The molecule has 1 aromatic heterocycles. The molecule has 170 valence electrons. The van der Waals surface area contributed by atoms with Gasteiger partial charge in [0.15, 0.2) is 6.29 Å². The summed E-state index contributed by atoms with van der Waals surface area (Å²) in [6.07, 6.45) is 4.68. The van der Waals surface area contributed by atoms with Crippen molar-refractivity contribution < 1.29 is 14.4 Å². The van der Waals surface area contributed by atoms with Crippen LogP contribution in [0.2, 0.25) is 0 Å². The number of aromatic nitrogens is 2. The smallest absolute Gasteiger partial charge is 0.277 e. The second kappa shape index (κ2) is 9.81. The highest BCUT2D eigenvalue weighted by Crippen LogP contribution is 2.29. The molecule has 1 aliphatic heterocycles. The second-order valence-corrected chi connectivity index (χ2v) is 8.38. The van der Waals surface area contributed by atoms with E-state index in [0.717, 1.165) is 54.6 Å². The van der Waals surface area contributed by atoms with Crippen LogP contribution < -0.4 is 9.80 Å². The van der Waals surface area contributed by atoms with E-state index in [0.29, 0.717) is 36.3 Å². The molecular weight excluding hydrogens is 416 g/mol. The highest BCUT2D eigenvalue weighted by molar-refractivity contribution is 6.08. The standard InChI is InChI=1S/C26H28N4O3/c1-19-6-8-22(9-7-19)30-25-23(24(18-32)27-30)14-16-29(26(25)33)21-12-10-20(11-13-21)28(2)15-4-3-5-17-31/h6-13,17-18H,3-5,14-16H2,1-2H3. The van der Waals surface area contributed by atoms with E-state index < -0.39 is 0 Å². The molecule has 0 bridgehead atoms. The fourth-order valence-corrected chi connectivity index (χ4v) is 4.19. The number of fused-ring (bicyclic) bond motifs is 1. The Morgan fingerprint density at radius 1 is 1.00 bits per heavy atom. The maximum Gasteiger partial charge on any atom is 0.277 e. The molecule has 0 aliphatic carbocycles. The van der Waals surface area contributed by atoms with E-state index in [1.807, 2.05) is 62.5 Å². The van der Waals surface area contributed by atoms with Crippen molar-refractivity contribution in [2.45, 2.75) is 32.6 Å². The highest BCUT2D eigenvalue weighted by Gasteiger charge is 2.33. The van der Waals surface area contributed by atoms with Crippen molar-refractivity contribution in [2.24, 2.45) is 0 Å². The fraction of sp³-hybridized carbons (Fsp3) is 0.308. The van der Waals surface area contributed by atoms with Gasteiger partial charge >= 0.3 is 0 Å². The van der Waals surface area contributed by atoms with Crippen molar-refractivity contribution >= 4 is 29.9 Å². The van der Waals surface area contributed by atoms with Crippen molar-refractivity contribution in [2.75, 3.05) is 29.9 Å². The number of hydrogen-bond acceptors (Lipinski definition) is 5. The highest BCUT2D eigenvalue weighted by atomic mass is 16.2. The topological polar surface area (TPSA) is 75.5 Å². The van der Waals surface area contributed by atoms with Crippen LogP contribution in [-0.4, -0.2) is 48.4 Å². The molecule has 0 atom stereocenters. The minimum atomic E-state index is -0.160. The molecule has 4 rings (SSSR count). The van der Waals surface area contributed by atoms with Gasteiger partial charge in [0.25, 0.3) is 5.91 Å². The van der Waals surface area contributed by atoms with Gasteiger partial charge in [-0.15, -0.1) is 0 Å². The maximum atomic E-state index is 13.5. The van der Waals surface area contributed by atoms with Crippen LogP contribution >= 0.6 is 0 Å². The number of aldehydes is 2. The number of benzene rings is 2. The fourth-order valence-electron chi connectivity index (χ4n) is 4.19. The van der Waals surface area contributed by atoms with Gasteiger partial charge in [-0.2, -0.15) is 5.10 Å². The van der Waals surface area contributed by atoms with Gasteiger partial charge in [-0.25, -0.2) is 4.68 Å². The normalized spacial score (nSPS) is 13.0. The maximum absolute atomic E-state index is 13.5. The van der Waals surface area contributed by atoms with Gasteiger partial charge in [0.05, 0.1) is 5.69 Å². The summed E-state index contributed by atoms with van der Waals surface area (Å²) in [6, 6.07) is 15.7. The number of carbonyl (C=O) groups is 3. The van der Waals surface area contributed by atoms with Gasteiger partial charge in [0.1, 0.15) is 17.7 Å². The summed E-state index contributed by atoms with van der Waals surface area (Å²) < 4.78 is 1.59. The first-order valence-electron chi connectivity index (χ1n) is 11.2. The van der Waals surface area contributed by atoms with Crippen LogP contribution in [0.1, 0.15) is 51.4 Å². The third-order valence-electron chi connectivity index (χ3n) is 6.11. The molecular formula is C26H28N4O3. The predicted octanol–water partition coefficient (Wildman–Crippen LogP) is 4.00. The summed E-state index contributed by atoms with van der Waals surface area (Å²) in [5.74, 6) is -0.160. The summed E-state index contributed by atoms with van der Waals surface area (Å²) in [5, 5.41) is 4.44. The first-order chi connectivity index (χ1) is 16.0. The van der Waals surface area contributed by atoms with Crippen molar-refractivity contribution in [3.63, 3.8) is 0 Å². The molecule has 7 heteroatoms. The van der Waals surface area contributed by atoms with Gasteiger partial charge in [0.2, 0.25) is 0 Å². The SMILES string of the molecule is Cc1ccc(-n2nc(C=O)c3c2C(=O)N(c2ccc(N(C)CCCCC=O)cc2)CC3)cc1. The summed E-state index contributed by atoms with van der Waals surface area (Å²) in [4.78, 5) is 39.5. The molecule has 3 aromatic rings. The van der Waals surface area contributed by atoms with Gasteiger partial charge in [-0.1, -0.05) is 17.7 Å². The minimum Gasteiger partial charge on any atom is -0.375 e. The van der Waals surface area contributed by atoms with E-state index in [9.17, 15) is 14.4 Å². The van der Waals surface area contributed by atoms with E-state index in [2.05, 4.69) is 10.00 Å². The Hall–Kier alpha value is -3.74. The van der Waals surface area contributed by atoms with E-state index >= 15 is 0 Å². The lowest BCUT2D eigenvalue weighted by molar-refractivity contribution is -0.107. The average molecular weight is 445 g/mol. The first kappa shape index (κ1) is 22.5. The number of carbonyl (C=O) groups excluding carboxylic acids is 3. The molecule has 0 radical (unpaired) electrons. The number of amides is 1. The van der Waals surface area contributed by atoms with Crippen LogP contribution in [-0.2, 0) is 11.2 Å². The Kier molecular flexibility index (Phi) is 6.68. The van der Waals surface area contributed by atoms with Crippen LogP contribution in [0.25, 0.3) is 5.69 Å². The zero-order valence-electron chi connectivity index (χ0n) is 19.0. The van der Waals surface area contributed by atoms with E-state index in [-0.39, 0.29) is 5.91 Å². The summed E-state index contributed by atoms with van der Waals surface area (Å²) in [7, 11) is 2.02. The zero-order chi connectivity index (χ0) is 23.4. The largest absolute Gasteiger partial charge is 0.375 e. The molecule has 33 heavy (non-hydrogen) atoms. The number of unbranched alkanes of at least 4 members (excludes halogenated alkanes) is 2. The lowest BCUT2D eigenvalue weighted by atomic mass is 10.0. The summed E-state index contributed by atoms with van der Waals surface area (Å²) >= 11 is 0. The third kappa shape index (κ3) is 4.58. The van der Waals surface area contributed by atoms with Crippen molar-refractivity contribution in [1.29, 1.82) is 0 Å². The molecule has 0 saturated carbocycles. The Labute approximate surface area is 193 Å². The minimum absolute atomic E-state index is 0.160. The molecule has 2 heterocycles. The lowest BCUT2D eigenvalue weighted by Crippen LogP contribution is -2.38. The Bertz CT molecular complexity index is 1150. The quantitative estimate of drug-likeness (QED) is 0.368. The first-order valence-corrected chi connectivity index (χ1v) is 11.2. The summed E-state index contributed by atoms with van der Waals surface area (Å²) in [6.45, 7) is 3.36.